The highest BCUT2D eigenvalue weighted by Crippen LogP contribution is 2.19. The van der Waals surface area contributed by atoms with Crippen molar-refractivity contribution in [3.8, 4) is 0 Å². The smallest absolute Gasteiger partial charge is 0.408 e. The molecule has 13 N–H and O–H groups in total. The molecule has 0 radical (unpaired) electrons. The van der Waals surface area contributed by atoms with E-state index in [4.69, 9.17) is 16.3 Å². The number of primary amides is 1. The van der Waals surface area contributed by atoms with Crippen molar-refractivity contribution in [3.05, 3.63) is 71.9 Å². The van der Waals surface area contributed by atoms with Crippen LogP contribution in [0, 0.1) is 11.8 Å². The molecule has 3 aromatic rings. The summed E-state index contributed by atoms with van der Waals surface area (Å²) in [7, 11) is 0. The summed E-state index contributed by atoms with van der Waals surface area (Å²) in [6.45, 7) is 8.88. The number of nitrogens with zero attached hydrogens (tertiary/aromatic N) is 1. The van der Waals surface area contributed by atoms with E-state index >= 15 is 0 Å². The zero-order chi connectivity index (χ0) is 48.2. The Hall–Kier alpha value is -7.23. The number of aromatic nitrogens is 1. The molecule has 0 spiro atoms. The van der Waals surface area contributed by atoms with Crippen molar-refractivity contribution in [1.29, 1.82) is 0 Å². The van der Waals surface area contributed by atoms with Crippen molar-refractivity contribution >= 4 is 64.4 Å². The van der Waals surface area contributed by atoms with E-state index in [1.807, 2.05) is 63.5 Å². The molecule has 1 heterocycles. The molecule has 22 nitrogen and oxygen atoms in total. The summed E-state index contributed by atoms with van der Waals surface area (Å²) in [6, 6.07) is 9.37. The van der Waals surface area contributed by atoms with E-state index in [2.05, 4.69) is 42.3 Å². The summed E-state index contributed by atoms with van der Waals surface area (Å²) in [5.41, 5.74) is 11.9. The maximum Gasteiger partial charge on any atom is 0.408 e. The molecule has 0 aliphatic carbocycles. The van der Waals surface area contributed by atoms with Crippen LogP contribution in [0.3, 0.4) is 0 Å². The highest BCUT2D eigenvalue weighted by atomic mass is 16.5. The molecule has 5 atom stereocenters. The lowest BCUT2D eigenvalue weighted by Crippen LogP contribution is -2.59. The van der Waals surface area contributed by atoms with Gasteiger partial charge < -0.3 is 47.4 Å². The summed E-state index contributed by atoms with van der Waals surface area (Å²) in [6.07, 6.45) is 0.813. The highest BCUT2D eigenvalue weighted by Gasteiger charge is 2.31. The topological polar surface area (TPSA) is 330 Å². The second-order valence-corrected chi connectivity index (χ2v) is 16.2. The van der Waals surface area contributed by atoms with Crippen molar-refractivity contribution < 1.29 is 47.9 Å². The largest absolute Gasteiger partial charge is 0.445 e. The fourth-order valence-corrected chi connectivity index (χ4v) is 6.35. The molecule has 65 heavy (non-hydrogen) atoms. The quantitative estimate of drug-likeness (QED) is 0.0341. The number of aromatic amines is 1. The van der Waals surface area contributed by atoms with Gasteiger partial charge in [0.25, 0.3) is 11.8 Å². The summed E-state index contributed by atoms with van der Waals surface area (Å²) in [5.74, 6) is -0.0756. The second kappa shape index (κ2) is 25.8. The molecule has 354 valence electrons. The molecule has 0 aliphatic heterocycles. The fourth-order valence-electron chi connectivity index (χ4n) is 6.35. The van der Waals surface area contributed by atoms with Crippen molar-refractivity contribution in [2.75, 3.05) is 13.1 Å². The first kappa shape index (κ1) is 52.1. The van der Waals surface area contributed by atoms with Crippen LogP contribution < -0.4 is 54.3 Å². The first-order valence-corrected chi connectivity index (χ1v) is 21.1. The Morgan fingerprint density at radius 2 is 1.26 bits per heavy atom. The van der Waals surface area contributed by atoms with Gasteiger partial charge in [-0.2, -0.15) is 0 Å². The molecule has 1 aromatic heterocycles. The molecule has 0 unspecified atom stereocenters. The summed E-state index contributed by atoms with van der Waals surface area (Å²) in [5, 5.41) is 16.6. The summed E-state index contributed by atoms with van der Waals surface area (Å²) >= 11 is 0. The molecule has 10 amide bonds. The van der Waals surface area contributed by atoms with Gasteiger partial charge in [0.05, 0.1) is 13.1 Å². The van der Waals surface area contributed by atoms with Crippen LogP contribution in [-0.2, 0) is 51.3 Å². The molecule has 0 bridgehead atoms. The van der Waals surface area contributed by atoms with Gasteiger partial charge in [0.15, 0.2) is 0 Å². The third kappa shape index (κ3) is 17.8. The first-order valence-electron chi connectivity index (χ1n) is 21.1. The number of hydrogen-bond donors (Lipinski definition) is 11. The number of urea groups is 1. The molecule has 0 saturated carbocycles. The van der Waals surface area contributed by atoms with Gasteiger partial charge in [0, 0.05) is 29.9 Å². The molecule has 0 fully saturated rings. The summed E-state index contributed by atoms with van der Waals surface area (Å²) < 4.78 is 5.17. The lowest BCUT2D eigenvalue weighted by molar-refractivity contribution is -0.133. The molecule has 22 heteroatoms. The third-order valence-corrected chi connectivity index (χ3v) is 9.74. The van der Waals surface area contributed by atoms with Gasteiger partial charge in [-0.1, -0.05) is 76.2 Å². The molecule has 0 aliphatic rings. The Morgan fingerprint density at radius 1 is 0.677 bits per heavy atom. The van der Waals surface area contributed by atoms with E-state index in [0.717, 1.165) is 16.5 Å². The number of H-pyrrole nitrogens is 1. The zero-order valence-corrected chi connectivity index (χ0v) is 37.4. The number of ether oxygens (including phenoxy) is 1. The number of hydrazine groups is 2. The predicted molar refractivity (Wildman–Crippen MR) is 238 cm³/mol. The van der Waals surface area contributed by atoms with E-state index < -0.39 is 103 Å². The number of nitrogens with one attached hydrogen (secondary N) is 9. The van der Waals surface area contributed by atoms with Gasteiger partial charge in [-0.05, 0) is 55.7 Å². The van der Waals surface area contributed by atoms with Gasteiger partial charge in [0.2, 0.25) is 29.5 Å². The van der Waals surface area contributed by atoms with Crippen LogP contribution in [0.4, 0.5) is 9.59 Å². The number of carbonyl (C=O) groups is 9. The van der Waals surface area contributed by atoms with Crippen LogP contribution >= 0.6 is 0 Å². The number of alkyl carbamates (subject to hydrolysis) is 1. The zero-order valence-electron chi connectivity index (χ0n) is 37.4. The van der Waals surface area contributed by atoms with Crippen molar-refractivity contribution in [1.82, 2.24) is 52.7 Å². The number of amides is 10. The van der Waals surface area contributed by atoms with E-state index in [9.17, 15) is 43.2 Å². The Morgan fingerprint density at radius 3 is 1.89 bits per heavy atom. The van der Waals surface area contributed by atoms with Gasteiger partial charge in [-0.25, -0.2) is 20.4 Å². The Labute approximate surface area is 376 Å². The van der Waals surface area contributed by atoms with Crippen LogP contribution in [0.1, 0.15) is 71.9 Å². The van der Waals surface area contributed by atoms with E-state index in [1.165, 1.54) is 13.8 Å². The standard InChI is InChI=1S/C43H62N12O10/c1-24(2)18-32(51-37(58)26(5)49-43(64)65-23-28-12-8-7-9-13-28)39(60)48-27(6)38(59)54-55(17-16-35(44)56)42(63)47-22-36(57)50-34(20-29-21-46-31-15-11-10-14-30(29)31)40(61)52-33(19-25(3)4)41(62)53-45/h7-15,21,24-27,32-34,46H,16-20,22-23,45H2,1-6H3,(H2,44,56)(H,47,63)(H,48,60)(H,49,64)(H,50,57)(H,51,58)(H,52,61)(H,53,62)(H,54,59)/t26-,27-,32-,33-,34-/m0/s1. The van der Waals surface area contributed by atoms with Crippen molar-refractivity contribution in [2.45, 2.75) is 104 Å². The van der Waals surface area contributed by atoms with Gasteiger partial charge in [-0.15, -0.1) is 0 Å². The summed E-state index contributed by atoms with van der Waals surface area (Å²) in [4.78, 5) is 120. The Kier molecular flexibility index (Phi) is 20.7. The fraction of sp³-hybridized carbons (Fsp3) is 0.465. The number of rotatable bonds is 23. The maximum atomic E-state index is 13.7. The van der Waals surface area contributed by atoms with Gasteiger partial charge in [0.1, 0.15) is 36.8 Å². The number of carbonyl (C=O) groups excluding carboxylic acids is 9. The monoisotopic (exact) mass is 906 g/mol. The minimum absolute atomic E-state index is 0.0102. The van der Waals surface area contributed by atoms with E-state index in [1.54, 1.807) is 30.5 Å². The van der Waals surface area contributed by atoms with Crippen molar-refractivity contribution in [3.63, 3.8) is 0 Å². The molecule has 2 aromatic carbocycles. The Bertz CT molecular complexity index is 2130. The average Bonchev–Trinajstić information content (AvgIpc) is 3.67. The number of benzene rings is 2. The van der Waals surface area contributed by atoms with Crippen LogP contribution in [0.2, 0.25) is 0 Å². The highest BCUT2D eigenvalue weighted by molar-refractivity contribution is 5.95. The van der Waals surface area contributed by atoms with Crippen molar-refractivity contribution in [2.24, 2.45) is 23.4 Å². The maximum absolute atomic E-state index is 13.7. The average molecular weight is 907 g/mol. The van der Waals surface area contributed by atoms with E-state index in [-0.39, 0.29) is 37.7 Å². The predicted octanol–water partition coefficient (Wildman–Crippen LogP) is -0.0153. The van der Waals surface area contributed by atoms with Gasteiger partial charge in [-0.3, -0.25) is 44.4 Å². The second-order valence-electron chi connectivity index (χ2n) is 16.2. The van der Waals surface area contributed by atoms with Crippen LogP contribution in [0.25, 0.3) is 10.9 Å². The van der Waals surface area contributed by atoms with Crippen LogP contribution in [0.5, 0.6) is 0 Å². The number of hydrogen-bond acceptors (Lipinski definition) is 11. The van der Waals surface area contributed by atoms with Crippen LogP contribution in [-0.4, -0.2) is 107 Å². The third-order valence-electron chi connectivity index (χ3n) is 9.74. The lowest BCUT2D eigenvalue weighted by atomic mass is 10.0. The van der Waals surface area contributed by atoms with Crippen LogP contribution in [0.15, 0.2) is 60.8 Å². The molecular formula is C43H62N12O10. The minimum Gasteiger partial charge on any atom is -0.445 e. The first-order chi connectivity index (χ1) is 30.8. The normalized spacial score (nSPS) is 13.2. The minimum atomic E-state index is -1.31. The lowest BCUT2D eigenvalue weighted by Gasteiger charge is -2.27. The SMILES string of the molecule is CC(C)C[C@H](NC(=O)[C@H](C)NC(=O)OCc1ccccc1)C(=O)N[C@@H](C)C(=O)NN(CCC(N)=O)C(=O)NCC(=O)N[C@@H](Cc1c[nH]c2ccccc12)C(=O)N[C@@H](CC(C)C)C(=O)NN. The molecule has 3 rings (SSSR count). The number of nitrogens with two attached hydrogens (primary N) is 2. The number of fused-ring (bicyclic) bond motifs is 1. The number of para-hydroxylation sites is 1. The Balaban J connectivity index is 1.65. The molecular weight excluding hydrogens is 845 g/mol. The van der Waals surface area contributed by atoms with E-state index in [0.29, 0.717) is 10.6 Å². The molecule has 0 saturated heterocycles. The van der Waals surface area contributed by atoms with Gasteiger partial charge >= 0.3 is 12.1 Å².